The lowest BCUT2D eigenvalue weighted by atomic mass is 10.2. The molecule has 0 aromatic heterocycles. The standard InChI is InChI=1S/C9H7Br3O2/c1-4-6(10)3-7(11)9(8(4)12)14-5(2)13/h3H,1-2H3. The van der Waals surface area contributed by atoms with E-state index in [9.17, 15) is 4.79 Å². The zero-order valence-corrected chi connectivity index (χ0v) is 12.3. The monoisotopic (exact) mass is 384 g/mol. The van der Waals surface area contributed by atoms with Crippen LogP contribution in [0.15, 0.2) is 19.5 Å². The van der Waals surface area contributed by atoms with E-state index in [0.717, 1.165) is 19.0 Å². The summed E-state index contributed by atoms with van der Waals surface area (Å²) >= 11 is 10.1. The Morgan fingerprint density at radius 2 is 1.86 bits per heavy atom. The van der Waals surface area contributed by atoms with Gasteiger partial charge in [-0.2, -0.15) is 0 Å². The van der Waals surface area contributed by atoms with E-state index < -0.39 is 0 Å². The van der Waals surface area contributed by atoms with Crippen LogP contribution in [0.25, 0.3) is 0 Å². The number of benzene rings is 1. The molecule has 0 saturated heterocycles. The van der Waals surface area contributed by atoms with Crippen molar-refractivity contribution in [3.63, 3.8) is 0 Å². The molecule has 0 aliphatic heterocycles. The highest BCUT2D eigenvalue weighted by atomic mass is 79.9. The van der Waals surface area contributed by atoms with Crippen molar-refractivity contribution in [3.05, 3.63) is 25.0 Å². The van der Waals surface area contributed by atoms with E-state index in [1.54, 1.807) is 0 Å². The van der Waals surface area contributed by atoms with Crippen LogP contribution < -0.4 is 4.74 Å². The molecule has 0 N–H and O–H groups in total. The molecular weight excluding hydrogens is 380 g/mol. The number of rotatable bonds is 1. The van der Waals surface area contributed by atoms with Gasteiger partial charge in [-0.3, -0.25) is 4.79 Å². The van der Waals surface area contributed by atoms with Crippen LogP contribution in [0.4, 0.5) is 0 Å². The van der Waals surface area contributed by atoms with Gasteiger partial charge in [-0.05, 0) is 50.4 Å². The fraction of sp³-hybridized carbons (Fsp3) is 0.222. The summed E-state index contributed by atoms with van der Waals surface area (Å²) in [5, 5.41) is 0. The average Bonchev–Trinajstić information content (AvgIpc) is 2.09. The molecule has 0 heterocycles. The lowest BCUT2D eigenvalue weighted by Gasteiger charge is -2.10. The molecule has 0 radical (unpaired) electrons. The van der Waals surface area contributed by atoms with Crippen LogP contribution in [0.5, 0.6) is 5.75 Å². The molecule has 1 rings (SSSR count). The van der Waals surface area contributed by atoms with Gasteiger partial charge in [0.05, 0.1) is 8.95 Å². The second-order valence-electron chi connectivity index (χ2n) is 2.70. The Labute approximate surface area is 107 Å². The summed E-state index contributed by atoms with van der Waals surface area (Å²) in [7, 11) is 0. The van der Waals surface area contributed by atoms with Gasteiger partial charge in [0, 0.05) is 11.4 Å². The number of hydrogen-bond acceptors (Lipinski definition) is 2. The third-order valence-corrected chi connectivity index (χ3v) is 3.97. The summed E-state index contributed by atoms with van der Waals surface area (Å²) in [6.45, 7) is 3.30. The van der Waals surface area contributed by atoms with Crippen LogP contribution in [0.3, 0.4) is 0 Å². The molecule has 14 heavy (non-hydrogen) atoms. The van der Waals surface area contributed by atoms with Crippen molar-refractivity contribution in [1.82, 2.24) is 0 Å². The molecule has 0 saturated carbocycles. The average molecular weight is 387 g/mol. The maximum Gasteiger partial charge on any atom is 0.308 e. The molecular formula is C9H7Br3O2. The third-order valence-electron chi connectivity index (χ3n) is 1.60. The van der Waals surface area contributed by atoms with Gasteiger partial charge in [-0.15, -0.1) is 0 Å². The minimum absolute atomic E-state index is 0.340. The molecule has 1 aromatic rings. The molecule has 0 atom stereocenters. The summed E-state index contributed by atoms with van der Waals surface area (Å²) in [5.41, 5.74) is 0.990. The van der Waals surface area contributed by atoms with Crippen molar-refractivity contribution in [2.75, 3.05) is 0 Å². The highest BCUT2D eigenvalue weighted by Crippen LogP contribution is 2.39. The Balaban J connectivity index is 3.29. The zero-order valence-electron chi connectivity index (χ0n) is 7.53. The van der Waals surface area contributed by atoms with Crippen LogP contribution in [0, 0.1) is 6.92 Å². The van der Waals surface area contributed by atoms with E-state index in [4.69, 9.17) is 4.74 Å². The first kappa shape index (κ1) is 12.2. The number of ether oxygens (including phenoxy) is 1. The number of carbonyl (C=O) groups excluding carboxylic acids is 1. The van der Waals surface area contributed by atoms with Gasteiger partial charge in [0.1, 0.15) is 0 Å². The molecule has 5 heteroatoms. The highest BCUT2D eigenvalue weighted by molar-refractivity contribution is 9.11. The molecule has 76 valence electrons. The van der Waals surface area contributed by atoms with E-state index >= 15 is 0 Å². The van der Waals surface area contributed by atoms with Crippen LogP contribution in [0.1, 0.15) is 12.5 Å². The predicted molar refractivity (Wildman–Crippen MR) is 65.6 cm³/mol. The first-order chi connectivity index (χ1) is 6.43. The van der Waals surface area contributed by atoms with Crippen molar-refractivity contribution >= 4 is 53.8 Å². The molecule has 0 aliphatic rings. The zero-order chi connectivity index (χ0) is 10.9. The molecule has 0 fully saturated rings. The van der Waals surface area contributed by atoms with Crippen molar-refractivity contribution < 1.29 is 9.53 Å². The summed E-state index contributed by atoms with van der Waals surface area (Å²) in [6.07, 6.45) is 0. The lowest BCUT2D eigenvalue weighted by Crippen LogP contribution is -2.03. The Kier molecular flexibility index (Phi) is 4.15. The van der Waals surface area contributed by atoms with Gasteiger partial charge in [0.25, 0.3) is 0 Å². The first-order valence-electron chi connectivity index (χ1n) is 3.76. The van der Waals surface area contributed by atoms with Crippen molar-refractivity contribution in [1.29, 1.82) is 0 Å². The van der Waals surface area contributed by atoms with Crippen LogP contribution in [0.2, 0.25) is 0 Å². The molecule has 1 aromatic carbocycles. The normalized spacial score (nSPS) is 10.1. The van der Waals surface area contributed by atoms with Gasteiger partial charge < -0.3 is 4.74 Å². The van der Waals surface area contributed by atoms with Gasteiger partial charge >= 0.3 is 5.97 Å². The predicted octanol–water partition coefficient (Wildman–Crippen LogP) is 4.21. The highest BCUT2D eigenvalue weighted by Gasteiger charge is 2.13. The number of esters is 1. The van der Waals surface area contributed by atoms with Crippen LogP contribution >= 0.6 is 47.8 Å². The number of carbonyl (C=O) groups is 1. The minimum Gasteiger partial charge on any atom is -0.424 e. The maximum absolute atomic E-state index is 10.8. The summed E-state index contributed by atoms with van der Waals surface area (Å²) in [6, 6.07) is 1.85. The van der Waals surface area contributed by atoms with Crippen molar-refractivity contribution in [2.24, 2.45) is 0 Å². The van der Waals surface area contributed by atoms with Crippen molar-refractivity contribution in [2.45, 2.75) is 13.8 Å². The molecule has 0 amide bonds. The van der Waals surface area contributed by atoms with Crippen LogP contribution in [-0.4, -0.2) is 5.97 Å². The molecule has 2 nitrogen and oxygen atoms in total. The van der Waals surface area contributed by atoms with E-state index in [2.05, 4.69) is 47.8 Å². The SMILES string of the molecule is CC(=O)Oc1c(Br)cc(Br)c(C)c1Br. The Bertz CT molecular complexity index is 388. The molecule has 0 aliphatic carbocycles. The quantitative estimate of drug-likeness (QED) is 0.534. The summed E-state index contributed by atoms with van der Waals surface area (Å²) < 4.78 is 7.51. The van der Waals surface area contributed by atoms with E-state index in [1.807, 2.05) is 13.0 Å². The number of hydrogen-bond donors (Lipinski definition) is 0. The smallest absolute Gasteiger partial charge is 0.308 e. The summed E-state index contributed by atoms with van der Waals surface area (Å²) in [5.74, 6) is 0.173. The van der Waals surface area contributed by atoms with E-state index in [1.165, 1.54) is 6.92 Å². The number of halogens is 3. The van der Waals surface area contributed by atoms with Gasteiger partial charge in [-0.25, -0.2) is 0 Å². The third kappa shape index (κ3) is 2.58. The first-order valence-corrected chi connectivity index (χ1v) is 6.14. The maximum atomic E-state index is 10.8. The fourth-order valence-electron chi connectivity index (χ4n) is 0.902. The summed E-state index contributed by atoms with van der Waals surface area (Å²) in [4.78, 5) is 10.8. The Morgan fingerprint density at radius 1 is 1.29 bits per heavy atom. The molecule has 0 spiro atoms. The largest absolute Gasteiger partial charge is 0.424 e. The van der Waals surface area contributed by atoms with Crippen LogP contribution in [-0.2, 0) is 4.79 Å². The minimum atomic E-state index is -0.340. The second kappa shape index (κ2) is 4.77. The van der Waals surface area contributed by atoms with E-state index in [0.29, 0.717) is 5.75 Å². The van der Waals surface area contributed by atoms with Gasteiger partial charge in [-0.1, -0.05) is 15.9 Å². The fourth-order valence-corrected chi connectivity index (χ4v) is 3.18. The van der Waals surface area contributed by atoms with Gasteiger partial charge in [0.15, 0.2) is 5.75 Å². The second-order valence-corrected chi connectivity index (χ2v) is 5.20. The molecule has 0 bridgehead atoms. The Hall–Kier alpha value is 0.130. The lowest BCUT2D eigenvalue weighted by molar-refractivity contribution is -0.131. The van der Waals surface area contributed by atoms with Gasteiger partial charge in [0.2, 0.25) is 0 Å². The van der Waals surface area contributed by atoms with E-state index in [-0.39, 0.29) is 5.97 Å². The topological polar surface area (TPSA) is 26.3 Å². The van der Waals surface area contributed by atoms with Crippen molar-refractivity contribution in [3.8, 4) is 5.75 Å². The molecule has 0 unspecified atom stereocenters. The Morgan fingerprint density at radius 3 is 2.36 bits per heavy atom.